The molecule has 2 bridgehead atoms. The van der Waals surface area contributed by atoms with Gasteiger partial charge in [-0.15, -0.1) is 0 Å². The molecule has 2 aromatic carbocycles. The summed E-state index contributed by atoms with van der Waals surface area (Å²) in [5.74, 6) is -2.00. The van der Waals surface area contributed by atoms with Crippen LogP contribution in [-0.2, 0) is 19.1 Å². The van der Waals surface area contributed by atoms with Crippen LogP contribution in [0.3, 0.4) is 0 Å². The molecule has 2 N–H and O–H groups in total. The topological polar surface area (TPSA) is 105 Å². The second-order valence-electron chi connectivity index (χ2n) is 9.64. The molecule has 0 aromatic heterocycles. The van der Waals surface area contributed by atoms with Crippen LogP contribution in [0.15, 0.2) is 48.5 Å². The van der Waals surface area contributed by atoms with Gasteiger partial charge >= 0.3 is 12.1 Å². The van der Waals surface area contributed by atoms with Crippen molar-refractivity contribution in [1.82, 2.24) is 10.2 Å². The molecule has 3 aliphatic heterocycles. The number of carboxylic acids is 1. The fourth-order valence-corrected chi connectivity index (χ4v) is 6.18. The summed E-state index contributed by atoms with van der Waals surface area (Å²) < 4.78 is 11.1. The summed E-state index contributed by atoms with van der Waals surface area (Å²) >= 11 is 0. The van der Waals surface area contributed by atoms with Crippen molar-refractivity contribution in [2.75, 3.05) is 26.4 Å². The fraction of sp³-hybridized carbons (Fsp3) is 0.423. The maximum Gasteiger partial charge on any atom is 0.407 e. The minimum Gasteiger partial charge on any atom is -0.481 e. The zero-order chi connectivity index (χ0) is 23.4. The van der Waals surface area contributed by atoms with Gasteiger partial charge in [-0.25, -0.2) is 4.79 Å². The average molecular weight is 463 g/mol. The van der Waals surface area contributed by atoms with Gasteiger partial charge in [0.2, 0.25) is 5.91 Å². The molecule has 7 rings (SSSR count). The highest BCUT2D eigenvalue weighted by Gasteiger charge is 2.58. The maximum absolute atomic E-state index is 13.1. The van der Waals surface area contributed by atoms with Crippen LogP contribution in [0.25, 0.3) is 11.1 Å². The first kappa shape index (κ1) is 21.2. The Balaban J connectivity index is 1.09. The number of rotatable bonds is 5. The van der Waals surface area contributed by atoms with Crippen LogP contribution in [0, 0.1) is 17.8 Å². The average Bonchev–Trinajstić information content (AvgIpc) is 3.59. The number of nitrogens with one attached hydrogen (secondary N) is 1. The summed E-state index contributed by atoms with van der Waals surface area (Å²) in [5.41, 5.74) is 4.58. The number of amides is 2. The van der Waals surface area contributed by atoms with E-state index in [4.69, 9.17) is 9.47 Å². The van der Waals surface area contributed by atoms with Gasteiger partial charge in [0.05, 0.1) is 31.1 Å². The number of hydrogen-bond acceptors (Lipinski definition) is 5. The molecule has 2 aromatic rings. The van der Waals surface area contributed by atoms with Crippen molar-refractivity contribution in [3.05, 3.63) is 59.7 Å². The second-order valence-corrected chi connectivity index (χ2v) is 9.64. The Morgan fingerprint density at radius 3 is 2.35 bits per heavy atom. The maximum atomic E-state index is 13.1. The molecule has 2 aliphatic carbocycles. The van der Waals surface area contributed by atoms with E-state index >= 15 is 0 Å². The van der Waals surface area contributed by atoms with Crippen molar-refractivity contribution in [1.29, 1.82) is 0 Å². The smallest absolute Gasteiger partial charge is 0.407 e. The molecule has 2 amide bonds. The minimum absolute atomic E-state index is 0.0299. The number of hydrogen-bond donors (Lipinski definition) is 2. The Labute approximate surface area is 196 Å². The lowest BCUT2D eigenvalue weighted by Gasteiger charge is -2.34. The number of ether oxygens (including phenoxy) is 2. The molecule has 8 heteroatoms. The molecule has 0 radical (unpaired) electrons. The first-order valence-electron chi connectivity index (χ1n) is 11.8. The van der Waals surface area contributed by atoms with Crippen molar-refractivity contribution < 1.29 is 29.0 Å². The number of alkyl carbamates (subject to hydrolysis) is 1. The monoisotopic (exact) mass is 462 g/mol. The molecule has 8 nitrogen and oxygen atoms in total. The van der Waals surface area contributed by atoms with Crippen LogP contribution in [0.4, 0.5) is 4.79 Å². The van der Waals surface area contributed by atoms with Crippen molar-refractivity contribution in [3.63, 3.8) is 0 Å². The van der Waals surface area contributed by atoms with Gasteiger partial charge in [-0.1, -0.05) is 48.5 Å². The van der Waals surface area contributed by atoms with E-state index in [0.29, 0.717) is 6.54 Å². The number of carbonyl (C=O) groups excluding carboxylic acids is 2. The van der Waals surface area contributed by atoms with Gasteiger partial charge in [0.25, 0.3) is 0 Å². The first-order valence-corrected chi connectivity index (χ1v) is 11.8. The minimum atomic E-state index is -0.840. The summed E-state index contributed by atoms with van der Waals surface area (Å²) in [4.78, 5) is 39.0. The van der Waals surface area contributed by atoms with Crippen LogP contribution < -0.4 is 5.32 Å². The molecule has 1 saturated carbocycles. The predicted molar refractivity (Wildman–Crippen MR) is 121 cm³/mol. The molecule has 176 valence electrons. The molecule has 0 spiro atoms. The lowest BCUT2D eigenvalue weighted by Crippen LogP contribution is -2.50. The SMILES string of the molecule is O=C(NC1COCC1C(=O)N1CC2CC1C2C(=O)O)OCC1c2ccccc2-c2ccccc21. The van der Waals surface area contributed by atoms with Gasteiger partial charge in [-0.05, 0) is 34.6 Å². The summed E-state index contributed by atoms with van der Waals surface area (Å²) in [6, 6.07) is 15.5. The van der Waals surface area contributed by atoms with E-state index < -0.39 is 29.9 Å². The van der Waals surface area contributed by atoms with Crippen LogP contribution in [0.2, 0.25) is 0 Å². The summed E-state index contributed by atoms with van der Waals surface area (Å²) in [5, 5.41) is 12.2. The molecule has 5 aliphatic rings. The third-order valence-corrected chi connectivity index (χ3v) is 7.91. The molecule has 4 fully saturated rings. The van der Waals surface area contributed by atoms with E-state index in [0.717, 1.165) is 28.7 Å². The lowest BCUT2D eigenvalue weighted by molar-refractivity contribution is -0.149. The molecule has 34 heavy (non-hydrogen) atoms. The quantitative estimate of drug-likeness (QED) is 0.707. The van der Waals surface area contributed by atoms with E-state index in [1.165, 1.54) is 0 Å². The van der Waals surface area contributed by atoms with Crippen LogP contribution in [0.5, 0.6) is 0 Å². The van der Waals surface area contributed by atoms with Crippen molar-refractivity contribution in [3.8, 4) is 11.1 Å². The summed E-state index contributed by atoms with van der Waals surface area (Å²) in [6.45, 7) is 1.10. The van der Waals surface area contributed by atoms with Crippen LogP contribution in [0.1, 0.15) is 23.5 Å². The van der Waals surface area contributed by atoms with Gasteiger partial charge in [0, 0.05) is 18.5 Å². The highest BCUT2D eigenvalue weighted by Crippen LogP contribution is 2.47. The molecule has 5 unspecified atom stereocenters. The molecular weight excluding hydrogens is 436 g/mol. The van der Waals surface area contributed by atoms with Crippen LogP contribution in [-0.4, -0.2) is 66.4 Å². The largest absolute Gasteiger partial charge is 0.481 e. The Bertz CT molecular complexity index is 1120. The summed E-state index contributed by atoms with van der Waals surface area (Å²) in [7, 11) is 0. The van der Waals surface area contributed by atoms with Crippen molar-refractivity contribution in [2.24, 2.45) is 17.8 Å². The Morgan fingerprint density at radius 2 is 1.71 bits per heavy atom. The molecule has 3 saturated heterocycles. The van der Waals surface area contributed by atoms with Crippen molar-refractivity contribution in [2.45, 2.75) is 24.4 Å². The normalized spacial score (nSPS) is 28.7. The van der Waals surface area contributed by atoms with E-state index in [-0.39, 0.29) is 43.6 Å². The summed E-state index contributed by atoms with van der Waals surface area (Å²) in [6.07, 6.45) is 0.158. The highest BCUT2D eigenvalue weighted by atomic mass is 16.5. The predicted octanol–water partition coefficient (Wildman–Crippen LogP) is 2.47. The van der Waals surface area contributed by atoms with Gasteiger partial charge in [-0.3, -0.25) is 9.59 Å². The number of nitrogens with zero attached hydrogens (tertiary/aromatic N) is 1. The van der Waals surface area contributed by atoms with Gasteiger partial charge in [-0.2, -0.15) is 0 Å². The fourth-order valence-electron chi connectivity index (χ4n) is 6.18. The van der Waals surface area contributed by atoms with E-state index in [2.05, 4.69) is 29.6 Å². The first-order chi connectivity index (χ1) is 16.5. The number of carboxylic acid groups (broad SMARTS) is 1. The zero-order valence-electron chi connectivity index (χ0n) is 18.6. The van der Waals surface area contributed by atoms with E-state index in [9.17, 15) is 19.5 Å². The Hall–Kier alpha value is -3.39. The van der Waals surface area contributed by atoms with Gasteiger partial charge in [0.15, 0.2) is 0 Å². The van der Waals surface area contributed by atoms with Gasteiger partial charge < -0.3 is 24.8 Å². The molecule has 5 atom stereocenters. The highest BCUT2D eigenvalue weighted by molar-refractivity contribution is 5.84. The third-order valence-electron chi connectivity index (χ3n) is 7.91. The second kappa shape index (κ2) is 8.13. The van der Waals surface area contributed by atoms with Gasteiger partial charge in [0.1, 0.15) is 6.61 Å². The van der Waals surface area contributed by atoms with E-state index in [1.807, 2.05) is 24.3 Å². The number of aliphatic carboxylic acids is 1. The number of benzene rings is 2. The van der Waals surface area contributed by atoms with Crippen LogP contribution >= 0.6 is 0 Å². The standard InChI is InChI=1S/C26H26N2O6/c29-24(28-10-14-9-22(28)23(14)25(30)31)20-11-33-13-21(20)27-26(32)34-12-19-17-7-3-1-5-15(17)16-6-2-4-8-18(16)19/h1-8,14,19-23H,9-13H2,(H,27,32)(H,30,31). The Morgan fingerprint density at radius 1 is 1.03 bits per heavy atom. The number of fused-ring (bicyclic) bond motifs is 4. The number of carbonyl (C=O) groups is 3. The third kappa shape index (κ3) is 3.27. The molecular formula is C26H26N2O6. The lowest BCUT2D eigenvalue weighted by atomic mass is 9.74. The van der Waals surface area contributed by atoms with Crippen molar-refractivity contribution >= 4 is 18.0 Å². The Kier molecular flexibility index (Phi) is 5.06. The van der Waals surface area contributed by atoms with E-state index in [1.54, 1.807) is 4.90 Å². The molecule has 3 heterocycles. The zero-order valence-corrected chi connectivity index (χ0v) is 18.6.